The Hall–Kier alpha value is -2.96. The molecule has 7 nitrogen and oxygen atoms in total. The lowest BCUT2D eigenvalue weighted by atomic mass is 9.96. The van der Waals surface area contributed by atoms with E-state index in [0.717, 1.165) is 41.8 Å². The van der Waals surface area contributed by atoms with Crippen LogP contribution in [0.2, 0.25) is 0 Å². The van der Waals surface area contributed by atoms with E-state index in [0.29, 0.717) is 10.7 Å². The molecule has 3 heterocycles. The maximum atomic E-state index is 12.7. The summed E-state index contributed by atoms with van der Waals surface area (Å²) >= 11 is 3.03. The second-order valence-electron chi connectivity index (χ2n) is 7.41. The first-order chi connectivity index (χ1) is 15.1. The van der Waals surface area contributed by atoms with Crippen molar-refractivity contribution in [3.05, 3.63) is 59.3 Å². The number of benzene rings is 1. The third kappa shape index (κ3) is 5.60. The number of aromatic nitrogens is 3. The molecule has 2 aromatic heterocycles. The van der Waals surface area contributed by atoms with Crippen LogP contribution in [0.15, 0.2) is 46.9 Å². The molecule has 1 aromatic carbocycles. The number of nitriles is 1. The molecule has 0 atom stereocenters. The first-order valence-electron chi connectivity index (χ1n) is 10.0. The molecule has 0 saturated carbocycles. The van der Waals surface area contributed by atoms with E-state index in [1.54, 1.807) is 24.0 Å². The summed E-state index contributed by atoms with van der Waals surface area (Å²) in [6.07, 6.45) is 3.08. The predicted molar refractivity (Wildman–Crippen MR) is 123 cm³/mol. The SMILES string of the molecule is Cc1ccc(CSc2nnc(NC(=O)C3CCN(c4ccc(C#N)cn4)CC3)s2)cc1. The van der Waals surface area contributed by atoms with Crippen molar-refractivity contribution in [2.24, 2.45) is 5.92 Å². The topological polar surface area (TPSA) is 94.8 Å². The predicted octanol–water partition coefficient (Wildman–Crippen LogP) is 4.26. The molecule has 31 heavy (non-hydrogen) atoms. The van der Waals surface area contributed by atoms with Crippen LogP contribution >= 0.6 is 23.1 Å². The van der Waals surface area contributed by atoms with Gasteiger partial charge in [0.2, 0.25) is 11.0 Å². The molecule has 0 aliphatic carbocycles. The number of pyridine rings is 1. The van der Waals surface area contributed by atoms with Crippen LogP contribution in [0.25, 0.3) is 0 Å². The number of anilines is 2. The second-order valence-corrected chi connectivity index (χ2v) is 9.61. The minimum absolute atomic E-state index is 0.00123. The Bertz CT molecular complexity index is 1070. The molecule has 158 valence electrons. The Morgan fingerprint density at radius 1 is 1.23 bits per heavy atom. The van der Waals surface area contributed by atoms with E-state index in [4.69, 9.17) is 5.26 Å². The van der Waals surface area contributed by atoms with Gasteiger partial charge in [-0.2, -0.15) is 5.26 Å². The van der Waals surface area contributed by atoms with E-state index in [-0.39, 0.29) is 11.8 Å². The van der Waals surface area contributed by atoms with Gasteiger partial charge in [0.05, 0.1) is 5.56 Å². The highest BCUT2D eigenvalue weighted by Gasteiger charge is 2.26. The number of piperidine rings is 1. The molecule has 0 radical (unpaired) electrons. The van der Waals surface area contributed by atoms with Crippen molar-refractivity contribution in [2.45, 2.75) is 29.9 Å². The lowest BCUT2D eigenvalue weighted by Gasteiger charge is -2.31. The molecule has 9 heteroatoms. The molecule has 0 bridgehead atoms. The van der Waals surface area contributed by atoms with Crippen LogP contribution in [-0.4, -0.2) is 34.2 Å². The van der Waals surface area contributed by atoms with Gasteiger partial charge in [-0.3, -0.25) is 4.79 Å². The summed E-state index contributed by atoms with van der Waals surface area (Å²) in [5, 5.41) is 20.7. The number of nitrogens with one attached hydrogen (secondary N) is 1. The van der Waals surface area contributed by atoms with Crippen molar-refractivity contribution in [3.63, 3.8) is 0 Å². The Labute approximate surface area is 189 Å². The van der Waals surface area contributed by atoms with Crippen molar-refractivity contribution >= 4 is 40.0 Å². The van der Waals surface area contributed by atoms with Gasteiger partial charge in [0.1, 0.15) is 11.9 Å². The molecular formula is C22H22N6OS2. The number of amides is 1. The van der Waals surface area contributed by atoms with Gasteiger partial charge in [0.25, 0.3) is 0 Å². The van der Waals surface area contributed by atoms with Gasteiger partial charge in [-0.1, -0.05) is 52.9 Å². The molecule has 4 rings (SSSR count). The first kappa shape index (κ1) is 21.3. The van der Waals surface area contributed by atoms with Crippen molar-refractivity contribution in [3.8, 4) is 6.07 Å². The molecule has 1 aliphatic heterocycles. The highest BCUT2D eigenvalue weighted by atomic mass is 32.2. The van der Waals surface area contributed by atoms with Crippen molar-refractivity contribution in [1.82, 2.24) is 15.2 Å². The number of hydrogen-bond donors (Lipinski definition) is 1. The Morgan fingerprint density at radius 2 is 2.00 bits per heavy atom. The Balaban J connectivity index is 1.25. The molecule has 1 N–H and O–H groups in total. The van der Waals surface area contributed by atoms with Gasteiger partial charge in [-0.25, -0.2) is 4.98 Å². The Kier molecular flexibility index (Phi) is 6.79. The summed E-state index contributed by atoms with van der Waals surface area (Å²) < 4.78 is 0.845. The van der Waals surface area contributed by atoms with E-state index >= 15 is 0 Å². The first-order valence-corrected chi connectivity index (χ1v) is 11.8. The number of rotatable bonds is 6. The summed E-state index contributed by atoms with van der Waals surface area (Å²) in [6, 6.07) is 14.1. The molecule has 1 aliphatic rings. The number of carbonyl (C=O) groups excluding carboxylic acids is 1. The number of thioether (sulfide) groups is 1. The van der Waals surface area contributed by atoms with Gasteiger partial charge in [0.15, 0.2) is 4.34 Å². The highest BCUT2D eigenvalue weighted by molar-refractivity contribution is 8.00. The number of hydrogen-bond acceptors (Lipinski definition) is 8. The van der Waals surface area contributed by atoms with Crippen LogP contribution in [0.4, 0.5) is 10.9 Å². The summed E-state index contributed by atoms with van der Waals surface area (Å²) in [4.78, 5) is 19.2. The van der Waals surface area contributed by atoms with Crippen molar-refractivity contribution < 1.29 is 4.79 Å². The molecule has 3 aromatic rings. The standard InChI is InChI=1S/C22H22N6OS2/c1-15-2-4-16(5-3-15)14-30-22-27-26-21(31-22)25-20(29)18-8-10-28(11-9-18)19-7-6-17(12-23)13-24-19/h2-7,13,18H,8-11,14H2,1H3,(H,25,26,29). The molecule has 1 fully saturated rings. The number of carbonyl (C=O) groups is 1. The second kappa shape index (κ2) is 9.90. The minimum atomic E-state index is -0.0535. The van der Waals surface area contributed by atoms with E-state index < -0.39 is 0 Å². The fourth-order valence-corrected chi connectivity index (χ4v) is 5.08. The third-order valence-electron chi connectivity index (χ3n) is 5.19. The lowest BCUT2D eigenvalue weighted by Crippen LogP contribution is -2.38. The summed E-state index contributed by atoms with van der Waals surface area (Å²) in [5.41, 5.74) is 3.03. The molecule has 0 unspecified atom stereocenters. The maximum absolute atomic E-state index is 12.7. The smallest absolute Gasteiger partial charge is 0.229 e. The highest BCUT2D eigenvalue weighted by Crippen LogP contribution is 2.29. The van der Waals surface area contributed by atoms with Gasteiger partial charge in [-0.05, 0) is 37.5 Å². The van der Waals surface area contributed by atoms with Crippen molar-refractivity contribution in [2.75, 3.05) is 23.3 Å². The van der Waals surface area contributed by atoms with E-state index in [9.17, 15) is 4.79 Å². The zero-order valence-corrected chi connectivity index (χ0v) is 18.7. The average molecular weight is 451 g/mol. The zero-order valence-electron chi connectivity index (χ0n) is 17.1. The van der Waals surface area contributed by atoms with Crippen LogP contribution < -0.4 is 10.2 Å². The van der Waals surface area contributed by atoms with Crippen LogP contribution in [0.1, 0.15) is 29.5 Å². The van der Waals surface area contributed by atoms with Crippen LogP contribution in [0, 0.1) is 24.2 Å². The quantitative estimate of drug-likeness (QED) is 0.443. The largest absolute Gasteiger partial charge is 0.357 e. The van der Waals surface area contributed by atoms with Gasteiger partial charge in [-0.15, -0.1) is 10.2 Å². The fourth-order valence-electron chi connectivity index (χ4n) is 3.37. The number of nitrogens with zero attached hydrogens (tertiary/aromatic N) is 5. The molecular weight excluding hydrogens is 428 g/mol. The lowest BCUT2D eigenvalue weighted by molar-refractivity contribution is -0.120. The fraction of sp³-hybridized carbons (Fsp3) is 0.318. The monoisotopic (exact) mass is 450 g/mol. The van der Waals surface area contributed by atoms with Crippen LogP contribution in [0.5, 0.6) is 0 Å². The summed E-state index contributed by atoms with van der Waals surface area (Å²) in [6.45, 7) is 3.58. The van der Waals surface area contributed by atoms with Crippen molar-refractivity contribution in [1.29, 1.82) is 5.26 Å². The summed E-state index contributed by atoms with van der Waals surface area (Å²) in [7, 11) is 0. The zero-order chi connectivity index (χ0) is 21.6. The van der Waals surface area contributed by atoms with Crippen LogP contribution in [-0.2, 0) is 10.5 Å². The van der Waals surface area contributed by atoms with E-state index in [2.05, 4.69) is 62.7 Å². The van der Waals surface area contributed by atoms with Crippen LogP contribution in [0.3, 0.4) is 0 Å². The number of aryl methyl sites for hydroxylation is 1. The molecule has 1 amide bonds. The third-order valence-corrected chi connectivity index (χ3v) is 7.23. The molecule has 1 saturated heterocycles. The summed E-state index contributed by atoms with van der Waals surface area (Å²) in [5.74, 6) is 1.61. The van der Waals surface area contributed by atoms with E-state index in [1.165, 1.54) is 22.5 Å². The minimum Gasteiger partial charge on any atom is -0.357 e. The maximum Gasteiger partial charge on any atom is 0.229 e. The van der Waals surface area contributed by atoms with Gasteiger partial charge < -0.3 is 10.2 Å². The van der Waals surface area contributed by atoms with Gasteiger partial charge >= 0.3 is 0 Å². The normalized spacial score (nSPS) is 14.3. The average Bonchev–Trinajstić information content (AvgIpc) is 3.26. The Morgan fingerprint density at radius 3 is 2.68 bits per heavy atom. The van der Waals surface area contributed by atoms with Gasteiger partial charge in [0, 0.05) is 31.0 Å². The van der Waals surface area contributed by atoms with E-state index in [1.807, 2.05) is 6.07 Å². The molecule has 0 spiro atoms.